The number of fused-ring (bicyclic) bond motifs is 1. The summed E-state index contributed by atoms with van der Waals surface area (Å²) in [6, 6.07) is 8.81. The summed E-state index contributed by atoms with van der Waals surface area (Å²) in [5.41, 5.74) is 0.173. The largest absolute Gasteiger partial charge is 0.491 e. The SMILES string of the molecule is CCOC(=O)COCCOCCOCCOc1ccc(Nc2nc(N3CCN(C(=O)OC(C)(C)C)CC3)c3cc(Cl)c(Br)c(F)c3n2)cc1. The highest BCUT2D eigenvalue weighted by molar-refractivity contribution is 9.10. The van der Waals surface area contributed by atoms with E-state index >= 15 is 4.39 Å². The second kappa shape index (κ2) is 18.5. The van der Waals surface area contributed by atoms with Gasteiger partial charge in [0.15, 0.2) is 5.82 Å². The highest BCUT2D eigenvalue weighted by Gasteiger charge is 2.28. The molecule has 1 fully saturated rings. The van der Waals surface area contributed by atoms with Gasteiger partial charge in [-0.2, -0.15) is 4.98 Å². The zero-order valence-corrected chi connectivity index (χ0v) is 30.4. The van der Waals surface area contributed by atoms with Crippen LogP contribution in [0.2, 0.25) is 5.02 Å². The van der Waals surface area contributed by atoms with Gasteiger partial charge in [0, 0.05) is 37.3 Å². The molecule has 0 radical (unpaired) electrons. The van der Waals surface area contributed by atoms with Crippen molar-refractivity contribution in [2.75, 3.05) is 89.3 Å². The van der Waals surface area contributed by atoms with Gasteiger partial charge in [0.1, 0.15) is 35.9 Å². The zero-order valence-electron chi connectivity index (χ0n) is 28.1. The molecule has 1 amide bonds. The zero-order chi connectivity index (χ0) is 35.4. The number of amides is 1. The Bertz CT molecular complexity index is 1560. The van der Waals surface area contributed by atoms with Crippen molar-refractivity contribution in [2.24, 2.45) is 0 Å². The average Bonchev–Trinajstić information content (AvgIpc) is 3.06. The van der Waals surface area contributed by atoms with E-state index in [9.17, 15) is 9.59 Å². The Hall–Kier alpha value is -3.50. The van der Waals surface area contributed by atoms with Gasteiger partial charge in [0.25, 0.3) is 0 Å². The number of carbonyl (C=O) groups is 2. The van der Waals surface area contributed by atoms with Crippen LogP contribution in [0.15, 0.2) is 34.8 Å². The summed E-state index contributed by atoms with van der Waals surface area (Å²) in [6.07, 6.45) is -0.377. The minimum atomic E-state index is -0.598. The third kappa shape index (κ3) is 11.8. The summed E-state index contributed by atoms with van der Waals surface area (Å²) >= 11 is 9.55. The van der Waals surface area contributed by atoms with Crippen LogP contribution in [0.1, 0.15) is 27.7 Å². The molecule has 1 aliphatic heterocycles. The molecule has 2 heterocycles. The van der Waals surface area contributed by atoms with Gasteiger partial charge in [0.2, 0.25) is 5.95 Å². The predicted molar refractivity (Wildman–Crippen MR) is 187 cm³/mol. The van der Waals surface area contributed by atoms with Crippen LogP contribution < -0.4 is 15.0 Å². The third-order valence-electron chi connectivity index (χ3n) is 6.91. The number of nitrogens with one attached hydrogen (secondary N) is 1. The summed E-state index contributed by atoms with van der Waals surface area (Å²) < 4.78 is 47.7. The number of carbonyl (C=O) groups excluding carboxylic acids is 2. The number of hydrogen-bond acceptors (Lipinski definition) is 12. The van der Waals surface area contributed by atoms with E-state index in [1.807, 2.05) is 25.7 Å². The first-order chi connectivity index (χ1) is 23.4. The lowest BCUT2D eigenvalue weighted by Gasteiger charge is -2.36. The Kier molecular flexibility index (Phi) is 14.4. The Labute approximate surface area is 298 Å². The monoisotopic (exact) mass is 769 g/mol. The Morgan fingerprint density at radius 1 is 0.959 bits per heavy atom. The van der Waals surface area contributed by atoms with Gasteiger partial charge >= 0.3 is 12.1 Å². The Balaban J connectivity index is 1.29. The molecule has 3 aromatic rings. The first-order valence-electron chi connectivity index (χ1n) is 15.9. The molecule has 16 heteroatoms. The molecule has 1 saturated heterocycles. The fourth-order valence-corrected chi connectivity index (χ4v) is 5.16. The summed E-state index contributed by atoms with van der Waals surface area (Å²) in [5.74, 6) is 0.332. The van der Waals surface area contributed by atoms with Crippen LogP contribution in [-0.4, -0.2) is 112 Å². The van der Waals surface area contributed by atoms with Gasteiger partial charge in [-0.1, -0.05) is 11.6 Å². The predicted octanol–water partition coefficient (Wildman–Crippen LogP) is 5.98. The number of nitrogens with zero attached hydrogens (tertiary/aromatic N) is 4. The van der Waals surface area contributed by atoms with Gasteiger partial charge in [-0.15, -0.1) is 0 Å². The number of esters is 1. The Morgan fingerprint density at radius 3 is 2.22 bits per heavy atom. The number of aromatic nitrogens is 2. The van der Waals surface area contributed by atoms with E-state index in [0.29, 0.717) is 95.1 Å². The molecule has 2 aromatic carbocycles. The van der Waals surface area contributed by atoms with Crippen molar-refractivity contribution >= 4 is 67.9 Å². The first kappa shape index (κ1) is 38.3. The smallest absolute Gasteiger partial charge is 0.410 e. The molecule has 0 bridgehead atoms. The van der Waals surface area contributed by atoms with Crippen LogP contribution in [0.3, 0.4) is 0 Å². The molecule has 268 valence electrons. The van der Waals surface area contributed by atoms with Crippen molar-refractivity contribution in [1.29, 1.82) is 0 Å². The number of anilines is 3. The normalized spacial score (nSPS) is 13.4. The molecule has 4 rings (SSSR count). The van der Waals surface area contributed by atoms with E-state index < -0.39 is 17.4 Å². The summed E-state index contributed by atoms with van der Waals surface area (Å²) in [5, 5.41) is 3.82. The van der Waals surface area contributed by atoms with Crippen LogP contribution in [-0.2, 0) is 28.5 Å². The molecule has 1 N–H and O–H groups in total. The molecule has 1 aliphatic rings. The van der Waals surface area contributed by atoms with Crippen LogP contribution in [0.4, 0.5) is 26.6 Å². The maximum Gasteiger partial charge on any atom is 0.410 e. The van der Waals surface area contributed by atoms with Crippen LogP contribution in [0.5, 0.6) is 5.75 Å². The second-order valence-electron chi connectivity index (χ2n) is 11.8. The van der Waals surface area contributed by atoms with E-state index in [4.69, 9.17) is 45.0 Å². The van der Waals surface area contributed by atoms with Crippen molar-refractivity contribution < 1.29 is 42.4 Å². The molecule has 13 nitrogen and oxygen atoms in total. The fourth-order valence-electron chi connectivity index (χ4n) is 4.66. The number of hydrogen-bond donors (Lipinski definition) is 1. The topological polar surface area (TPSA) is 134 Å². The number of rotatable bonds is 16. The maximum absolute atomic E-state index is 15.4. The van der Waals surface area contributed by atoms with Crippen LogP contribution in [0, 0.1) is 5.82 Å². The highest BCUT2D eigenvalue weighted by Crippen LogP contribution is 2.36. The number of benzene rings is 2. The number of ether oxygens (including phenoxy) is 6. The summed E-state index contributed by atoms with van der Waals surface area (Å²) in [4.78, 5) is 36.6. The highest BCUT2D eigenvalue weighted by atomic mass is 79.9. The summed E-state index contributed by atoms with van der Waals surface area (Å²) in [7, 11) is 0. The number of piperazine rings is 1. The minimum Gasteiger partial charge on any atom is -0.491 e. The van der Waals surface area contributed by atoms with Crippen molar-refractivity contribution in [3.8, 4) is 5.75 Å². The van der Waals surface area contributed by atoms with Crippen molar-refractivity contribution in [2.45, 2.75) is 33.3 Å². The van der Waals surface area contributed by atoms with E-state index in [0.717, 1.165) is 0 Å². The first-order valence-corrected chi connectivity index (χ1v) is 17.1. The van der Waals surface area contributed by atoms with E-state index in [1.165, 1.54) is 0 Å². The lowest BCUT2D eigenvalue weighted by molar-refractivity contribution is -0.149. The lowest BCUT2D eigenvalue weighted by Crippen LogP contribution is -2.50. The van der Waals surface area contributed by atoms with Crippen LogP contribution >= 0.6 is 27.5 Å². The van der Waals surface area contributed by atoms with E-state index in [2.05, 4.69) is 26.2 Å². The summed E-state index contributed by atoms with van der Waals surface area (Å²) in [6.45, 7) is 11.3. The molecule has 0 unspecified atom stereocenters. The standard InChI is InChI=1S/C33H42BrClFN5O8/c1-5-47-26(42)21-46-17-16-44-14-15-45-18-19-48-23-8-6-22(7-9-23)37-31-38-29-24(20-25(35)27(34)28(29)36)30(39-31)40-10-12-41(13-11-40)32(43)49-33(2,3)4/h6-9,20H,5,10-19,21H2,1-4H3,(H,37,38,39). The second-order valence-corrected chi connectivity index (χ2v) is 13.0. The quantitative estimate of drug-likeness (QED) is 0.104. The third-order valence-corrected chi connectivity index (χ3v) is 8.22. The van der Waals surface area contributed by atoms with E-state index in [1.54, 1.807) is 42.2 Å². The molecule has 49 heavy (non-hydrogen) atoms. The van der Waals surface area contributed by atoms with Gasteiger partial charge in [-0.25, -0.2) is 19.0 Å². The number of halogens is 3. The van der Waals surface area contributed by atoms with Gasteiger partial charge < -0.3 is 43.5 Å². The van der Waals surface area contributed by atoms with Crippen molar-refractivity contribution in [1.82, 2.24) is 14.9 Å². The van der Waals surface area contributed by atoms with Gasteiger partial charge in [0.05, 0.1) is 49.1 Å². The van der Waals surface area contributed by atoms with Crippen LogP contribution in [0.25, 0.3) is 10.9 Å². The lowest BCUT2D eigenvalue weighted by atomic mass is 10.2. The molecular formula is C33H42BrClFN5O8. The molecular weight excluding hydrogens is 729 g/mol. The van der Waals surface area contributed by atoms with Crippen molar-refractivity contribution in [3.63, 3.8) is 0 Å². The average molecular weight is 771 g/mol. The molecule has 0 saturated carbocycles. The van der Waals surface area contributed by atoms with Gasteiger partial charge in [-0.05, 0) is 74.0 Å². The molecule has 0 spiro atoms. The minimum absolute atomic E-state index is 0.0915. The van der Waals surface area contributed by atoms with E-state index in [-0.39, 0.29) is 33.7 Å². The van der Waals surface area contributed by atoms with Crippen molar-refractivity contribution in [3.05, 3.63) is 45.6 Å². The molecule has 0 aliphatic carbocycles. The maximum atomic E-state index is 15.4. The van der Waals surface area contributed by atoms with Gasteiger partial charge in [-0.3, -0.25) is 0 Å². The Morgan fingerprint density at radius 2 is 1.59 bits per heavy atom. The fraction of sp³-hybridized carbons (Fsp3) is 0.515. The molecule has 0 atom stereocenters. The molecule has 1 aromatic heterocycles.